The predicted octanol–water partition coefficient (Wildman–Crippen LogP) is 7.38. The monoisotopic (exact) mass is 462 g/mol. The number of rotatable bonds is 10. The van der Waals surface area contributed by atoms with E-state index in [-0.39, 0.29) is 12.0 Å². The van der Waals surface area contributed by atoms with Crippen LogP contribution in [0.3, 0.4) is 0 Å². The highest BCUT2D eigenvalue weighted by atomic mass is 32.2. The van der Waals surface area contributed by atoms with E-state index >= 15 is 0 Å². The van der Waals surface area contributed by atoms with E-state index in [0.717, 1.165) is 40.4 Å². The van der Waals surface area contributed by atoms with Crippen molar-refractivity contribution in [2.75, 3.05) is 16.8 Å². The van der Waals surface area contributed by atoms with E-state index < -0.39 is 0 Å². The molecule has 0 atom stereocenters. The van der Waals surface area contributed by atoms with Crippen LogP contribution in [0.2, 0.25) is 0 Å². The lowest BCUT2D eigenvalue weighted by Gasteiger charge is -2.23. The van der Waals surface area contributed by atoms with E-state index in [0.29, 0.717) is 18.7 Å². The number of benzene rings is 3. The minimum Gasteiger partial charge on any atom is -0.427 e. The minimum absolute atomic E-state index is 0.143. The Hall–Kier alpha value is -3.25. The fourth-order valence-electron chi connectivity index (χ4n) is 3.19. The molecule has 0 radical (unpaired) electrons. The third-order valence-corrected chi connectivity index (χ3v) is 5.88. The summed E-state index contributed by atoms with van der Waals surface area (Å²) >= 11 is 1.60. The van der Waals surface area contributed by atoms with Crippen LogP contribution < -0.4 is 15.0 Å². The van der Waals surface area contributed by atoms with Gasteiger partial charge in [-0.1, -0.05) is 56.3 Å². The molecule has 0 spiro atoms. The number of urea groups is 1. The molecule has 0 aliphatic heterocycles. The van der Waals surface area contributed by atoms with E-state index in [4.69, 9.17) is 4.74 Å². The summed E-state index contributed by atoms with van der Waals surface area (Å²) in [5.41, 5.74) is 1.63. The van der Waals surface area contributed by atoms with E-state index in [9.17, 15) is 9.59 Å². The maximum absolute atomic E-state index is 13.0. The zero-order chi connectivity index (χ0) is 23.5. The van der Waals surface area contributed by atoms with Crippen molar-refractivity contribution in [2.45, 2.75) is 49.3 Å². The molecule has 3 rings (SSSR count). The van der Waals surface area contributed by atoms with Gasteiger partial charge in [-0.2, -0.15) is 0 Å². The third-order valence-electron chi connectivity index (χ3n) is 4.88. The molecule has 0 aliphatic rings. The fraction of sp³-hybridized carbons (Fsp3) is 0.259. The van der Waals surface area contributed by atoms with Gasteiger partial charge >= 0.3 is 12.0 Å². The van der Waals surface area contributed by atoms with Crippen LogP contribution in [0.25, 0.3) is 0 Å². The number of esters is 1. The molecule has 0 aliphatic carbocycles. The van der Waals surface area contributed by atoms with Gasteiger partial charge in [-0.25, -0.2) is 4.79 Å². The van der Waals surface area contributed by atoms with Crippen LogP contribution in [0.1, 0.15) is 39.5 Å². The first-order valence-corrected chi connectivity index (χ1v) is 12.1. The van der Waals surface area contributed by atoms with Crippen LogP contribution >= 0.6 is 11.8 Å². The van der Waals surface area contributed by atoms with Gasteiger partial charge in [-0.3, -0.25) is 9.69 Å². The van der Waals surface area contributed by atoms with Gasteiger partial charge in [0.05, 0.1) is 0 Å². The van der Waals surface area contributed by atoms with Gasteiger partial charge in [0.1, 0.15) is 5.75 Å². The first-order valence-electron chi connectivity index (χ1n) is 11.3. The van der Waals surface area contributed by atoms with Gasteiger partial charge < -0.3 is 10.1 Å². The maximum Gasteiger partial charge on any atom is 0.326 e. The Bertz CT molecular complexity index is 1040. The Balaban J connectivity index is 1.71. The zero-order valence-electron chi connectivity index (χ0n) is 19.1. The summed E-state index contributed by atoms with van der Waals surface area (Å²) in [4.78, 5) is 28.5. The number of amides is 2. The van der Waals surface area contributed by atoms with Crippen LogP contribution in [0.4, 0.5) is 16.2 Å². The molecule has 0 saturated carbocycles. The molecule has 6 heteroatoms. The normalized spacial score (nSPS) is 10.5. The molecule has 0 fully saturated rings. The van der Waals surface area contributed by atoms with Crippen molar-refractivity contribution in [2.24, 2.45) is 0 Å². The number of nitrogens with zero attached hydrogens (tertiary/aromatic N) is 1. The van der Waals surface area contributed by atoms with Gasteiger partial charge in [0, 0.05) is 34.1 Å². The predicted molar refractivity (Wildman–Crippen MR) is 135 cm³/mol. The van der Waals surface area contributed by atoms with Gasteiger partial charge in [-0.15, -0.1) is 0 Å². The average Bonchev–Trinajstić information content (AvgIpc) is 2.82. The van der Waals surface area contributed by atoms with Crippen LogP contribution in [-0.2, 0) is 4.79 Å². The van der Waals surface area contributed by atoms with E-state index in [2.05, 4.69) is 12.2 Å². The number of nitrogens with one attached hydrogen (secondary N) is 1. The molecule has 0 saturated heterocycles. The maximum atomic E-state index is 13.0. The molecule has 0 aromatic heterocycles. The summed E-state index contributed by atoms with van der Waals surface area (Å²) in [7, 11) is 0. The van der Waals surface area contributed by atoms with Gasteiger partial charge in [0.15, 0.2) is 0 Å². The highest BCUT2D eigenvalue weighted by Crippen LogP contribution is 2.32. The highest BCUT2D eigenvalue weighted by Gasteiger charge is 2.16. The van der Waals surface area contributed by atoms with Crippen molar-refractivity contribution in [3.8, 4) is 5.75 Å². The second kappa shape index (κ2) is 12.7. The number of carbonyl (C=O) groups is 2. The average molecular weight is 463 g/mol. The number of anilines is 2. The van der Waals surface area contributed by atoms with Crippen molar-refractivity contribution in [1.82, 2.24) is 0 Å². The number of ether oxygens (including phenoxy) is 1. The van der Waals surface area contributed by atoms with Crippen molar-refractivity contribution in [3.05, 3.63) is 78.9 Å². The standard InChI is InChI=1S/C27H30N2O3S/c1-3-5-19-29(27(31)28-21-11-7-6-8-12-21)22-13-9-14-25(20-22)33-24-17-15-23(16-18-24)32-26(30)10-4-2/h6-9,11-18,20H,3-5,10,19H2,1-2H3,(H,28,31). The molecule has 33 heavy (non-hydrogen) atoms. The van der Waals surface area contributed by atoms with Crippen molar-refractivity contribution in [3.63, 3.8) is 0 Å². The second-order valence-electron chi connectivity index (χ2n) is 7.60. The summed E-state index contributed by atoms with van der Waals surface area (Å²) < 4.78 is 5.32. The molecule has 1 N–H and O–H groups in total. The lowest BCUT2D eigenvalue weighted by molar-refractivity contribution is -0.134. The number of unbranched alkanes of at least 4 members (excludes halogenated alkanes) is 1. The van der Waals surface area contributed by atoms with Gasteiger partial charge in [-0.05, 0) is 67.4 Å². The number of carbonyl (C=O) groups excluding carboxylic acids is 2. The van der Waals surface area contributed by atoms with Gasteiger partial charge in [0.25, 0.3) is 0 Å². The Morgan fingerprint density at radius 2 is 1.64 bits per heavy atom. The first-order chi connectivity index (χ1) is 16.1. The molecule has 0 bridgehead atoms. The molecule has 5 nitrogen and oxygen atoms in total. The number of para-hydroxylation sites is 1. The summed E-state index contributed by atoms with van der Waals surface area (Å²) in [6.45, 7) is 4.70. The topological polar surface area (TPSA) is 58.6 Å². The zero-order valence-corrected chi connectivity index (χ0v) is 19.9. The SMILES string of the molecule is CCCCN(C(=O)Nc1ccccc1)c1cccc(Sc2ccc(OC(=O)CCC)cc2)c1. The lowest BCUT2D eigenvalue weighted by Crippen LogP contribution is -2.35. The molecule has 3 aromatic carbocycles. The molecule has 2 amide bonds. The number of hydrogen-bond acceptors (Lipinski definition) is 4. The van der Waals surface area contributed by atoms with Crippen LogP contribution in [-0.4, -0.2) is 18.5 Å². The molecule has 172 valence electrons. The van der Waals surface area contributed by atoms with Crippen molar-refractivity contribution >= 4 is 35.1 Å². The van der Waals surface area contributed by atoms with E-state index in [1.165, 1.54) is 0 Å². The Morgan fingerprint density at radius 1 is 0.879 bits per heavy atom. The smallest absolute Gasteiger partial charge is 0.326 e. The Morgan fingerprint density at radius 3 is 2.33 bits per heavy atom. The van der Waals surface area contributed by atoms with Crippen LogP contribution in [0.15, 0.2) is 88.7 Å². The second-order valence-corrected chi connectivity index (χ2v) is 8.74. The minimum atomic E-state index is -0.216. The fourth-order valence-corrected chi connectivity index (χ4v) is 4.06. The Labute approximate surface area is 200 Å². The summed E-state index contributed by atoms with van der Waals surface area (Å²) in [6, 6.07) is 24.8. The van der Waals surface area contributed by atoms with Gasteiger partial charge in [0.2, 0.25) is 0 Å². The van der Waals surface area contributed by atoms with E-state index in [1.54, 1.807) is 28.8 Å². The van der Waals surface area contributed by atoms with E-state index in [1.807, 2.05) is 73.7 Å². The van der Waals surface area contributed by atoms with Crippen molar-refractivity contribution in [1.29, 1.82) is 0 Å². The largest absolute Gasteiger partial charge is 0.427 e. The lowest BCUT2D eigenvalue weighted by atomic mass is 10.2. The van der Waals surface area contributed by atoms with Crippen LogP contribution in [0.5, 0.6) is 5.75 Å². The molecule has 0 unspecified atom stereocenters. The molecule has 0 heterocycles. The molecular formula is C27H30N2O3S. The third kappa shape index (κ3) is 7.68. The summed E-state index contributed by atoms with van der Waals surface area (Å²) in [6.07, 6.45) is 3.09. The van der Waals surface area contributed by atoms with Crippen molar-refractivity contribution < 1.29 is 14.3 Å². The number of hydrogen-bond donors (Lipinski definition) is 1. The first kappa shape index (κ1) is 24.4. The molecular weight excluding hydrogens is 432 g/mol. The van der Waals surface area contributed by atoms with Crippen LogP contribution in [0, 0.1) is 0 Å². The summed E-state index contributed by atoms with van der Waals surface area (Å²) in [5.74, 6) is 0.335. The highest BCUT2D eigenvalue weighted by molar-refractivity contribution is 7.99. The summed E-state index contributed by atoms with van der Waals surface area (Å²) in [5, 5.41) is 2.99. The Kier molecular flexibility index (Phi) is 9.39. The molecule has 3 aromatic rings. The quantitative estimate of drug-likeness (QED) is 0.252.